The minimum Gasteiger partial charge on any atom is -0.381 e. The Morgan fingerprint density at radius 2 is 1.29 bits per heavy atom. The number of hydrogen-bond donors (Lipinski definition) is 0. The smallest absolute Gasteiger partial charge is 0.381 e. The molecular weight excluding hydrogens is 179 g/mol. The third-order valence-electron chi connectivity index (χ3n) is 2.68. The molecular formula is C10H21BO3. The summed E-state index contributed by atoms with van der Waals surface area (Å²) >= 11 is 0. The largest absolute Gasteiger partial charge is 0.640 e. The molecule has 1 heterocycles. The molecule has 0 atom stereocenters. The summed E-state index contributed by atoms with van der Waals surface area (Å²) in [5.41, 5.74) is -0.882. The summed E-state index contributed by atoms with van der Waals surface area (Å²) in [6.45, 7) is 14.0. The van der Waals surface area contributed by atoms with E-state index in [1.165, 1.54) is 0 Å². The molecule has 1 aliphatic rings. The second-order valence-corrected chi connectivity index (χ2v) is 5.78. The van der Waals surface area contributed by atoms with E-state index in [4.69, 9.17) is 14.0 Å². The SMILES string of the molecule is CC(C)(C)OB1OC(C)(C)C(C)(C)O1. The van der Waals surface area contributed by atoms with Gasteiger partial charge in [-0.3, -0.25) is 0 Å². The molecule has 1 saturated heterocycles. The predicted octanol–water partition coefficient (Wildman–Crippen LogP) is 2.39. The average molecular weight is 200 g/mol. The predicted molar refractivity (Wildman–Crippen MR) is 56.9 cm³/mol. The summed E-state index contributed by atoms with van der Waals surface area (Å²) in [4.78, 5) is 0. The quantitative estimate of drug-likeness (QED) is 0.608. The normalized spacial score (nSPS) is 25.5. The van der Waals surface area contributed by atoms with Crippen molar-refractivity contribution in [1.29, 1.82) is 0 Å². The van der Waals surface area contributed by atoms with Gasteiger partial charge in [0.25, 0.3) is 0 Å². The van der Waals surface area contributed by atoms with Crippen LogP contribution in [0.15, 0.2) is 0 Å². The Balaban J connectivity index is 2.65. The zero-order valence-corrected chi connectivity index (χ0v) is 10.3. The highest BCUT2D eigenvalue weighted by molar-refractivity contribution is 6.37. The van der Waals surface area contributed by atoms with E-state index in [1.807, 2.05) is 48.5 Å². The van der Waals surface area contributed by atoms with Crippen molar-refractivity contribution in [3.05, 3.63) is 0 Å². The van der Waals surface area contributed by atoms with Gasteiger partial charge in [-0.05, 0) is 48.5 Å². The Bertz CT molecular complexity index is 202. The molecule has 0 aromatic rings. The highest BCUT2D eigenvalue weighted by Crippen LogP contribution is 2.37. The van der Waals surface area contributed by atoms with E-state index in [0.29, 0.717) is 0 Å². The molecule has 1 fully saturated rings. The van der Waals surface area contributed by atoms with Crippen molar-refractivity contribution in [3.63, 3.8) is 0 Å². The first-order valence-corrected chi connectivity index (χ1v) is 5.07. The van der Waals surface area contributed by atoms with Gasteiger partial charge in [-0.2, -0.15) is 0 Å². The third kappa shape index (κ3) is 2.50. The van der Waals surface area contributed by atoms with E-state index < -0.39 is 7.32 Å². The van der Waals surface area contributed by atoms with Crippen LogP contribution in [0.2, 0.25) is 0 Å². The molecule has 0 aromatic carbocycles. The Morgan fingerprint density at radius 1 is 0.929 bits per heavy atom. The highest BCUT2D eigenvalue weighted by atomic mass is 16.8. The van der Waals surface area contributed by atoms with Crippen LogP contribution in [0.4, 0.5) is 0 Å². The van der Waals surface area contributed by atoms with Crippen LogP contribution in [-0.2, 0) is 14.0 Å². The molecule has 14 heavy (non-hydrogen) atoms. The Morgan fingerprint density at radius 3 is 1.57 bits per heavy atom. The molecule has 1 rings (SSSR count). The van der Waals surface area contributed by atoms with Crippen LogP contribution in [0.3, 0.4) is 0 Å². The van der Waals surface area contributed by atoms with Gasteiger partial charge < -0.3 is 14.0 Å². The van der Waals surface area contributed by atoms with Crippen LogP contribution in [0.1, 0.15) is 48.5 Å². The van der Waals surface area contributed by atoms with Crippen LogP contribution < -0.4 is 0 Å². The Kier molecular flexibility index (Phi) is 2.77. The van der Waals surface area contributed by atoms with Crippen molar-refractivity contribution in [2.24, 2.45) is 0 Å². The lowest BCUT2D eigenvalue weighted by Gasteiger charge is -2.31. The molecule has 0 aromatic heterocycles. The molecule has 3 nitrogen and oxygen atoms in total. The lowest BCUT2D eigenvalue weighted by Crippen LogP contribution is -2.41. The Hall–Kier alpha value is -0.0551. The minimum atomic E-state index is -0.556. The van der Waals surface area contributed by atoms with Crippen LogP contribution in [0.5, 0.6) is 0 Å². The second kappa shape index (κ2) is 3.22. The Labute approximate surface area is 87.3 Å². The third-order valence-corrected chi connectivity index (χ3v) is 2.68. The van der Waals surface area contributed by atoms with E-state index in [9.17, 15) is 0 Å². The van der Waals surface area contributed by atoms with Gasteiger partial charge in [-0.1, -0.05) is 0 Å². The van der Waals surface area contributed by atoms with Gasteiger partial charge in [0.2, 0.25) is 0 Å². The summed E-state index contributed by atoms with van der Waals surface area (Å²) in [5.74, 6) is 0. The fraction of sp³-hybridized carbons (Fsp3) is 1.00. The highest BCUT2D eigenvalue weighted by Gasteiger charge is 2.53. The van der Waals surface area contributed by atoms with E-state index in [0.717, 1.165) is 0 Å². The number of rotatable bonds is 1. The van der Waals surface area contributed by atoms with Gasteiger partial charge in [-0.15, -0.1) is 0 Å². The van der Waals surface area contributed by atoms with Crippen LogP contribution in [-0.4, -0.2) is 24.1 Å². The summed E-state index contributed by atoms with van der Waals surface area (Å²) in [7, 11) is -0.556. The lowest BCUT2D eigenvalue weighted by atomic mass is 9.90. The first kappa shape index (κ1) is 12.0. The van der Waals surface area contributed by atoms with E-state index in [2.05, 4.69) is 0 Å². The molecule has 0 N–H and O–H groups in total. The first-order chi connectivity index (χ1) is 6.04. The van der Waals surface area contributed by atoms with Gasteiger partial charge in [0.05, 0.1) is 11.2 Å². The summed E-state index contributed by atoms with van der Waals surface area (Å²) < 4.78 is 17.0. The minimum absolute atomic E-state index is 0.249. The number of hydrogen-bond acceptors (Lipinski definition) is 3. The molecule has 0 spiro atoms. The van der Waals surface area contributed by atoms with Gasteiger partial charge in [0.15, 0.2) is 0 Å². The first-order valence-electron chi connectivity index (χ1n) is 5.07. The lowest BCUT2D eigenvalue weighted by molar-refractivity contribution is 0.00578. The molecule has 0 aliphatic carbocycles. The van der Waals surface area contributed by atoms with Crippen LogP contribution in [0.25, 0.3) is 0 Å². The summed E-state index contributed by atoms with van der Waals surface area (Å²) in [5, 5.41) is 0. The summed E-state index contributed by atoms with van der Waals surface area (Å²) in [6.07, 6.45) is 0. The van der Waals surface area contributed by atoms with E-state index >= 15 is 0 Å². The molecule has 0 saturated carbocycles. The van der Waals surface area contributed by atoms with Crippen molar-refractivity contribution < 1.29 is 14.0 Å². The zero-order valence-electron chi connectivity index (χ0n) is 10.3. The fourth-order valence-electron chi connectivity index (χ4n) is 1.13. The van der Waals surface area contributed by atoms with Crippen molar-refractivity contribution in [2.45, 2.75) is 65.3 Å². The molecule has 0 amide bonds. The standard InChI is InChI=1S/C10H21BO3/c1-8(2,3)12-11-13-9(4,5)10(6,7)14-11/h1-7H3. The van der Waals surface area contributed by atoms with Gasteiger partial charge in [0, 0.05) is 5.60 Å². The molecule has 0 unspecified atom stereocenters. The average Bonchev–Trinajstić information content (AvgIpc) is 1.94. The molecule has 0 bridgehead atoms. The maximum Gasteiger partial charge on any atom is 0.640 e. The summed E-state index contributed by atoms with van der Waals surface area (Å²) in [6, 6.07) is 0. The molecule has 1 aliphatic heterocycles. The van der Waals surface area contributed by atoms with E-state index in [-0.39, 0.29) is 16.8 Å². The van der Waals surface area contributed by atoms with Crippen molar-refractivity contribution in [2.75, 3.05) is 0 Å². The van der Waals surface area contributed by atoms with Crippen molar-refractivity contribution in [3.8, 4) is 0 Å². The topological polar surface area (TPSA) is 27.7 Å². The molecule has 0 radical (unpaired) electrons. The van der Waals surface area contributed by atoms with Gasteiger partial charge in [-0.25, -0.2) is 0 Å². The van der Waals surface area contributed by atoms with Crippen LogP contribution in [0, 0.1) is 0 Å². The van der Waals surface area contributed by atoms with Crippen molar-refractivity contribution >= 4 is 7.32 Å². The molecule has 4 heteroatoms. The maximum absolute atomic E-state index is 5.70. The monoisotopic (exact) mass is 200 g/mol. The van der Waals surface area contributed by atoms with E-state index in [1.54, 1.807) is 0 Å². The maximum atomic E-state index is 5.70. The molecule has 82 valence electrons. The van der Waals surface area contributed by atoms with Gasteiger partial charge in [0.1, 0.15) is 0 Å². The zero-order chi connectivity index (χ0) is 11.2. The second-order valence-electron chi connectivity index (χ2n) is 5.78. The fourth-order valence-corrected chi connectivity index (χ4v) is 1.13. The van der Waals surface area contributed by atoms with Crippen molar-refractivity contribution in [1.82, 2.24) is 0 Å². The van der Waals surface area contributed by atoms with Crippen LogP contribution >= 0.6 is 0 Å². The van der Waals surface area contributed by atoms with Gasteiger partial charge >= 0.3 is 7.32 Å².